The standard InChI is InChI=1S/C14H18N4O2/c1-9(2)13-6-10(17-20-13)12-4-3-5-18(12)14(19)11-7-15-8-16-11/h6-9,12H,3-5H2,1-2H3,(H,15,16)/t12-/m1/s1. The van der Waals surface area contributed by atoms with Crippen molar-refractivity contribution in [2.45, 2.75) is 38.6 Å². The largest absolute Gasteiger partial charge is 0.361 e. The van der Waals surface area contributed by atoms with E-state index in [4.69, 9.17) is 4.52 Å². The molecule has 20 heavy (non-hydrogen) atoms. The fourth-order valence-corrected chi connectivity index (χ4v) is 2.58. The third-order valence-corrected chi connectivity index (χ3v) is 3.70. The summed E-state index contributed by atoms with van der Waals surface area (Å²) in [6.07, 6.45) is 4.98. The first kappa shape index (κ1) is 12.9. The Labute approximate surface area is 117 Å². The summed E-state index contributed by atoms with van der Waals surface area (Å²) in [5.74, 6) is 1.13. The highest BCUT2D eigenvalue weighted by atomic mass is 16.5. The molecule has 1 saturated heterocycles. The van der Waals surface area contributed by atoms with Crippen LogP contribution in [-0.2, 0) is 0 Å². The number of rotatable bonds is 3. The van der Waals surface area contributed by atoms with Gasteiger partial charge in [-0.05, 0) is 12.8 Å². The number of nitrogens with zero attached hydrogens (tertiary/aromatic N) is 3. The fraction of sp³-hybridized carbons (Fsp3) is 0.500. The van der Waals surface area contributed by atoms with Gasteiger partial charge in [-0.3, -0.25) is 4.79 Å². The summed E-state index contributed by atoms with van der Waals surface area (Å²) in [6, 6.07) is 1.97. The number of aromatic nitrogens is 3. The van der Waals surface area contributed by atoms with Crippen molar-refractivity contribution in [2.24, 2.45) is 0 Å². The van der Waals surface area contributed by atoms with Gasteiger partial charge in [0.25, 0.3) is 5.91 Å². The zero-order chi connectivity index (χ0) is 14.1. The Balaban J connectivity index is 1.83. The van der Waals surface area contributed by atoms with Crippen LogP contribution in [0.1, 0.15) is 60.6 Å². The van der Waals surface area contributed by atoms with Crippen LogP contribution in [0.3, 0.4) is 0 Å². The normalized spacial score (nSPS) is 18.9. The number of amides is 1. The molecular weight excluding hydrogens is 256 g/mol. The summed E-state index contributed by atoms with van der Waals surface area (Å²) < 4.78 is 5.35. The van der Waals surface area contributed by atoms with Gasteiger partial charge in [0.15, 0.2) is 0 Å². The number of carbonyl (C=O) groups excluding carboxylic acids is 1. The lowest BCUT2D eigenvalue weighted by Gasteiger charge is -2.22. The maximum Gasteiger partial charge on any atom is 0.272 e. The zero-order valence-corrected chi connectivity index (χ0v) is 11.7. The Morgan fingerprint density at radius 3 is 3.05 bits per heavy atom. The molecule has 0 aromatic carbocycles. The van der Waals surface area contributed by atoms with Gasteiger partial charge < -0.3 is 14.4 Å². The van der Waals surface area contributed by atoms with E-state index in [9.17, 15) is 4.79 Å². The van der Waals surface area contributed by atoms with E-state index in [1.807, 2.05) is 11.0 Å². The van der Waals surface area contributed by atoms with Gasteiger partial charge in [-0.25, -0.2) is 4.98 Å². The number of aromatic amines is 1. The summed E-state index contributed by atoms with van der Waals surface area (Å²) in [5, 5.41) is 4.14. The highest BCUT2D eigenvalue weighted by Gasteiger charge is 2.33. The van der Waals surface area contributed by atoms with E-state index in [0.717, 1.165) is 30.8 Å². The van der Waals surface area contributed by atoms with E-state index < -0.39 is 0 Å². The summed E-state index contributed by atoms with van der Waals surface area (Å²) in [6.45, 7) is 4.87. The first-order chi connectivity index (χ1) is 9.66. The molecule has 0 bridgehead atoms. The second kappa shape index (κ2) is 5.11. The van der Waals surface area contributed by atoms with Gasteiger partial charge >= 0.3 is 0 Å². The Morgan fingerprint density at radius 2 is 2.40 bits per heavy atom. The van der Waals surface area contributed by atoms with Crippen molar-refractivity contribution >= 4 is 5.91 Å². The lowest BCUT2D eigenvalue weighted by molar-refractivity contribution is 0.0725. The molecule has 0 unspecified atom stereocenters. The molecule has 2 aromatic heterocycles. The maximum absolute atomic E-state index is 12.4. The third kappa shape index (κ3) is 2.21. The molecule has 3 rings (SSSR count). The molecule has 1 N–H and O–H groups in total. The molecule has 2 aromatic rings. The maximum atomic E-state index is 12.4. The van der Waals surface area contributed by atoms with Gasteiger partial charge in [-0.2, -0.15) is 0 Å². The molecule has 0 aliphatic carbocycles. The van der Waals surface area contributed by atoms with Crippen LogP contribution in [-0.4, -0.2) is 32.5 Å². The molecule has 6 nitrogen and oxygen atoms in total. The van der Waals surface area contributed by atoms with Crippen molar-refractivity contribution in [3.63, 3.8) is 0 Å². The second-order valence-electron chi connectivity index (χ2n) is 5.43. The molecule has 1 fully saturated rings. The summed E-state index contributed by atoms with van der Waals surface area (Å²) in [7, 11) is 0. The predicted molar refractivity (Wildman–Crippen MR) is 72.2 cm³/mol. The second-order valence-corrected chi connectivity index (χ2v) is 5.43. The average molecular weight is 274 g/mol. The van der Waals surface area contributed by atoms with Gasteiger partial charge in [0.2, 0.25) is 0 Å². The molecule has 1 aliphatic heterocycles. The molecule has 1 amide bonds. The number of H-pyrrole nitrogens is 1. The van der Waals surface area contributed by atoms with Gasteiger partial charge in [-0.1, -0.05) is 19.0 Å². The lowest BCUT2D eigenvalue weighted by atomic mass is 10.1. The van der Waals surface area contributed by atoms with Crippen LogP contribution in [0.2, 0.25) is 0 Å². The van der Waals surface area contributed by atoms with E-state index in [0.29, 0.717) is 11.6 Å². The Kier molecular flexibility index (Phi) is 3.30. The number of hydrogen-bond acceptors (Lipinski definition) is 4. The summed E-state index contributed by atoms with van der Waals surface area (Å²) >= 11 is 0. The number of carbonyl (C=O) groups is 1. The van der Waals surface area contributed by atoms with Crippen LogP contribution in [0, 0.1) is 0 Å². The van der Waals surface area contributed by atoms with Crippen LogP contribution in [0.15, 0.2) is 23.1 Å². The lowest BCUT2D eigenvalue weighted by Crippen LogP contribution is -2.30. The first-order valence-corrected chi connectivity index (χ1v) is 6.92. The molecule has 106 valence electrons. The van der Waals surface area contributed by atoms with Crippen molar-refractivity contribution < 1.29 is 9.32 Å². The Morgan fingerprint density at radius 1 is 1.55 bits per heavy atom. The minimum Gasteiger partial charge on any atom is -0.361 e. The van der Waals surface area contributed by atoms with Crippen molar-refractivity contribution in [1.82, 2.24) is 20.0 Å². The number of likely N-dealkylation sites (tertiary alicyclic amines) is 1. The van der Waals surface area contributed by atoms with E-state index in [1.165, 1.54) is 6.33 Å². The molecule has 1 atom stereocenters. The highest BCUT2D eigenvalue weighted by molar-refractivity contribution is 5.92. The Bertz CT molecular complexity index is 588. The topological polar surface area (TPSA) is 75.0 Å². The number of hydrogen-bond donors (Lipinski definition) is 1. The Hall–Kier alpha value is -2.11. The van der Waals surface area contributed by atoms with Gasteiger partial charge in [-0.15, -0.1) is 0 Å². The molecule has 3 heterocycles. The monoisotopic (exact) mass is 274 g/mol. The van der Waals surface area contributed by atoms with E-state index in [-0.39, 0.29) is 11.9 Å². The van der Waals surface area contributed by atoms with Crippen LogP contribution in [0.4, 0.5) is 0 Å². The molecule has 1 aliphatic rings. The quantitative estimate of drug-likeness (QED) is 0.933. The van der Waals surface area contributed by atoms with E-state index >= 15 is 0 Å². The molecule has 0 radical (unpaired) electrons. The molecule has 0 spiro atoms. The van der Waals surface area contributed by atoms with Crippen LogP contribution in [0.5, 0.6) is 0 Å². The van der Waals surface area contributed by atoms with Crippen molar-refractivity contribution in [3.8, 4) is 0 Å². The smallest absolute Gasteiger partial charge is 0.272 e. The third-order valence-electron chi connectivity index (χ3n) is 3.70. The van der Waals surface area contributed by atoms with Gasteiger partial charge in [0.1, 0.15) is 17.1 Å². The molecule has 0 saturated carbocycles. The van der Waals surface area contributed by atoms with E-state index in [2.05, 4.69) is 29.0 Å². The predicted octanol–water partition coefficient (Wildman–Crippen LogP) is 2.50. The van der Waals surface area contributed by atoms with Gasteiger partial charge in [0, 0.05) is 18.5 Å². The molecule has 6 heteroatoms. The summed E-state index contributed by atoms with van der Waals surface area (Å²) in [4.78, 5) is 21.0. The minimum atomic E-state index is -0.0286. The first-order valence-electron chi connectivity index (χ1n) is 6.92. The van der Waals surface area contributed by atoms with Gasteiger partial charge in [0.05, 0.1) is 18.6 Å². The molecular formula is C14H18N4O2. The summed E-state index contributed by atoms with van der Waals surface area (Å²) in [5.41, 5.74) is 1.36. The average Bonchev–Trinajstić information content (AvgIpc) is 3.17. The SMILES string of the molecule is CC(C)c1cc([C@H]2CCCN2C(=O)c2cnc[nH]2)no1. The fourth-order valence-electron chi connectivity index (χ4n) is 2.58. The van der Waals surface area contributed by atoms with Crippen LogP contribution >= 0.6 is 0 Å². The van der Waals surface area contributed by atoms with E-state index in [1.54, 1.807) is 6.20 Å². The van der Waals surface area contributed by atoms with Crippen LogP contribution < -0.4 is 0 Å². The zero-order valence-electron chi connectivity index (χ0n) is 11.7. The van der Waals surface area contributed by atoms with Crippen molar-refractivity contribution in [1.29, 1.82) is 0 Å². The number of imidazole rings is 1. The van der Waals surface area contributed by atoms with Crippen molar-refractivity contribution in [3.05, 3.63) is 35.7 Å². The van der Waals surface area contributed by atoms with Crippen molar-refractivity contribution in [2.75, 3.05) is 6.54 Å². The minimum absolute atomic E-state index is 0.00190. The number of nitrogens with one attached hydrogen (secondary N) is 1. The highest BCUT2D eigenvalue weighted by Crippen LogP contribution is 2.33. The van der Waals surface area contributed by atoms with Crippen LogP contribution in [0.25, 0.3) is 0 Å².